The zero-order valence-electron chi connectivity index (χ0n) is 15.7. The van der Waals surface area contributed by atoms with Gasteiger partial charge in [0.05, 0.1) is 5.75 Å². The monoisotopic (exact) mass is 386 g/mol. The molecular weight excluding hydrogens is 359 g/mol. The molecule has 0 aliphatic carbocycles. The van der Waals surface area contributed by atoms with Crippen molar-refractivity contribution < 1.29 is 22.3 Å². The van der Waals surface area contributed by atoms with E-state index in [-0.39, 0.29) is 18.3 Å². The first-order chi connectivity index (χ1) is 12.0. The number of hydrogen-bond donors (Lipinski definition) is 0. The van der Waals surface area contributed by atoms with Crippen LogP contribution in [0.1, 0.15) is 39.2 Å². The highest BCUT2D eigenvalue weighted by Crippen LogP contribution is 2.21. The number of amides is 1. The molecule has 1 aliphatic heterocycles. The van der Waals surface area contributed by atoms with Crippen molar-refractivity contribution in [3.63, 3.8) is 0 Å². The summed E-state index contributed by atoms with van der Waals surface area (Å²) in [5, 5.41) is 0. The van der Waals surface area contributed by atoms with E-state index in [1.165, 1.54) is 29.6 Å². The van der Waals surface area contributed by atoms with E-state index in [4.69, 9.17) is 4.74 Å². The van der Waals surface area contributed by atoms with Gasteiger partial charge in [0.2, 0.25) is 10.0 Å². The first-order valence-electron chi connectivity index (χ1n) is 8.66. The van der Waals surface area contributed by atoms with Gasteiger partial charge in [0.15, 0.2) is 0 Å². The SMILES string of the molecule is CN([C@@H]1CCCN(C(=O)OC(C)(C)C)C1)S(=O)(=O)Cc1cccc(F)c1. The van der Waals surface area contributed by atoms with Crippen LogP contribution in [0.25, 0.3) is 0 Å². The van der Waals surface area contributed by atoms with Gasteiger partial charge in [-0.25, -0.2) is 17.6 Å². The third-order valence-corrected chi connectivity index (χ3v) is 6.11. The van der Waals surface area contributed by atoms with Gasteiger partial charge in [-0.15, -0.1) is 0 Å². The van der Waals surface area contributed by atoms with Gasteiger partial charge in [0.25, 0.3) is 0 Å². The molecule has 1 aromatic carbocycles. The van der Waals surface area contributed by atoms with E-state index >= 15 is 0 Å². The lowest BCUT2D eigenvalue weighted by molar-refractivity contribution is 0.0163. The molecule has 0 saturated carbocycles. The molecular formula is C18H27FN2O4S. The molecule has 6 nitrogen and oxygen atoms in total. The zero-order chi connectivity index (χ0) is 19.5. The predicted octanol–water partition coefficient (Wildman–Crippen LogP) is 2.99. The van der Waals surface area contributed by atoms with Crippen LogP contribution in [0.2, 0.25) is 0 Å². The second-order valence-corrected chi connectivity index (χ2v) is 9.65. The lowest BCUT2D eigenvalue weighted by atomic mass is 10.1. The Bertz CT molecular complexity index is 746. The molecule has 0 aromatic heterocycles. The van der Waals surface area contributed by atoms with Crippen LogP contribution >= 0.6 is 0 Å². The number of piperidine rings is 1. The molecule has 1 atom stereocenters. The fourth-order valence-corrected chi connectivity index (χ4v) is 4.34. The fourth-order valence-electron chi connectivity index (χ4n) is 2.91. The van der Waals surface area contributed by atoms with Gasteiger partial charge in [-0.3, -0.25) is 0 Å². The molecule has 1 fully saturated rings. The van der Waals surface area contributed by atoms with Gasteiger partial charge < -0.3 is 9.64 Å². The second kappa shape index (κ2) is 7.92. The molecule has 2 rings (SSSR count). The number of likely N-dealkylation sites (N-methyl/N-ethyl adjacent to an activating group) is 1. The van der Waals surface area contributed by atoms with Gasteiger partial charge in [0.1, 0.15) is 11.4 Å². The van der Waals surface area contributed by atoms with E-state index in [1.807, 2.05) is 0 Å². The average Bonchev–Trinajstić information content (AvgIpc) is 2.52. The number of sulfonamides is 1. The molecule has 146 valence electrons. The number of ether oxygens (including phenoxy) is 1. The van der Waals surface area contributed by atoms with Crippen LogP contribution in [-0.2, 0) is 20.5 Å². The smallest absolute Gasteiger partial charge is 0.410 e. The summed E-state index contributed by atoms with van der Waals surface area (Å²) < 4.78 is 45.4. The Morgan fingerprint density at radius 2 is 2.08 bits per heavy atom. The van der Waals surface area contributed by atoms with E-state index in [0.717, 1.165) is 0 Å². The number of halogens is 1. The summed E-state index contributed by atoms with van der Waals surface area (Å²) in [4.78, 5) is 13.8. The Kier molecular flexibility index (Phi) is 6.29. The summed E-state index contributed by atoms with van der Waals surface area (Å²) in [6.07, 6.45) is 0.931. The zero-order valence-corrected chi connectivity index (χ0v) is 16.6. The highest BCUT2D eigenvalue weighted by atomic mass is 32.2. The minimum atomic E-state index is -3.63. The molecule has 0 radical (unpaired) electrons. The third-order valence-electron chi connectivity index (χ3n) is 4.24. The van der Waals surface area contributed by atoms with Crippen molar-refractivity contribution >= 4 is 16.1 Å². The largest absolute Gasteiger partial charge is 0.444 e. The van der Waals surface area contributed by atoms with Gasteiger partial charge in [-0.05, 0) is 51.3 Å². The van der Waals surface area contributed by atoms with Crippen LogP contribution in [0.3, 0.4) is 0 Å². The van der Waals surface area contributed by atoms with Crippen LogP contribution in [-0.4, -0.2) is 55.5 Å². The standard InChI is InChI=1S/C18H27FN2O4S/c1-18(2,3)25-17(22)21-10-6-9-16(12-21)20(4)26(23,24)13-14-7-5-8-15(19)11-14/h5,7-8,11,16H,6,9-10,12-13H2,1-4H3/t16-/m1/s1. The minimum absolute atomic E-state index is 0.274. The average molecular weight is 386 g/mol. The molecule has 1 aromatic rings. The second-order valence-electron chi connectivity index (χ2n) is 7.62. The van der Waals surface area contributed by atoms with Crippen molar-refractivity contribution in [1.29, 1.82) is 0 Å². The summed E-state index contributed by atoms with van der Waals surface area (Å²) in [6, 6.07) is 5.25. The molecule has 26 heavy (non-hydrogen) atoms. The summed E-state index contributed by atoms with van der Waals surface area (Å²) in [7, 11) is -2.11. The first-order valence-corrected chi connectivity index (χ1v) is 10.3. The number of rotatable bonds is 4. The Balaban J connectivity index is 2.05. The van der Waals surface area contributed by atoms with Crippen LogP contribution in [0.5, 0.6) is 0 Å². The maximum atomic E-state index is 13.3. The molecule has 8 heteroatoms. The van der Waals surface area contributed by atoms with Crippen molar-refractivity contribution in [2.75, 3.05) is 20.1 Å². The maximum absolute atomic E-state index is 13.3. The molecule has 1 saturated heterocycles. The van der Waals surface area contributed by atoms with Crippen LogP contribution in [0, 0.1) is 5.82 Å². The summed E-state index contributed by atoms with van der Waals surface area (Å²) in [6.45, 7) is 6.21. The molecule has 0 bridgehead atoms. The number of benzene rings is 1. The summed E-state index contributed by atoms with van der Waals surface area (Å²) in [5.74, 6) is -0.737. The molecule has 1 aliphatic rings. The molecule has 0 N–H and O–H groups in total. The molecule has 0 unspecified atom stereocenters. The third kappa shape index (κ3) is 5.67. The molecule has 1 heterocycles. The van der Waals surface area contributed by atoms with Crippen LogP contribution in [0.4, 0.5) is 9.18 Å². The lowest BCUT2D eigenvalue weighted by Gasteiger charge is -2.37. The quantitative estimate of drug-likeness (QED) is 0.798. The topological polar surface area (TPSA) is 66.9 Å². The van der Waals surface area contributed by atoms with Crippen LogP contribution < -0.4 is 0 Å². The number of carbonyl (C=O) groups excluding carboxylic acids is 1. The Morgan fingerprint density at radius 1 is 1.38 bits per heavy atom. The lowest BCUT2D eigenvalue weighted by Crippen LogP contribution is -2.51. The van der Waals surface area contributed by atoms with Crippen molar-refractivity contribution in [2.45, 2.75) is 51.0 Å². The van der Waals surface area contributed by atoms with E-state index in [9.17, 15) is 17.6 Å². The van der Waals surface area contributed by atoms with E-state index in [0.29, 0.717) is 24.9 Å². The summed E-state index contributed by atoms with van der Waals surface area (Å²) >= 11 is 0. The number of carbonyl (C=O) groups is 1. The minimum Gasteiger partial charge on any atom is -0.444 e. The van der Waals surface area contributed by atoms with Crippen molar-refractivity contribution in [2.24, 2.45) is 0 Å². The fraction of sp³-hybridized carbons (Fsp3) is 0.611. The molecule has 0 spiro atoms. The van der Waals surface area contributed by atoms with Gasteiger partial charge in [-0.2, -0.15) is 4.31 Å². The predicted molar refractivity (Wildman–Crippen MR) is 97.6 cm³/mol. The Hall–Kier alpha value is -1.67. The maximum Gasteiger partial charge on any atom is 0.410 e. The highest BCUT2D eigenvalue weighted by Gasteiger charge is 2.33. The Morgan fingerprint density at radius 3 is 2.69 bits per heavy atom. The van der Waals surface area contributed by atoms with Gasteiger partial charge in [-0.1, -0.05) is 12.1 Å². The van der Waals surface area contributed by atoms with Gasteiger partial charge >= 0.3 is 6.09 Å². The van der Waals surface area contributed by atoms with Crippen molar-refractivity contribution in [3.05, 3.63) is 35.6 Å². The van der Waals surface area contributed by atoms with Crippen LogP contribution in [0.15, 0.2) is 24.3 Å². The van der Waals surface area contributed by atoms with E-state index in [2.05, 4.69) is 0 Å². The number of hydrogen-bond acceptors (Lipinski definition) is 4. The van der Waals surface area contributed by atoms with Gasteiger partial charge in [0, 0.05) is 26.2 Å². The summed E-state index contributed by atoms with van der Waals surface area (Å²) in [5.41, 5.74) is -0.198. The van der Waals surface area contributed by atoms with E-state index < -0.39 is 27.5 Å². The Labute approximate surface area is 155 Å². The highest BCUT2D eigenvalue weighted by molar-refractivity contribution is 7.88. The normalized spacial score (nSPS) is 18.8. The van der Waals surface area contributed by atoms with Crippen molar-refractivity contribution in [1.82, 2.24) is 9.21 Å². The number of likely N-dealkylation sites (tertiary alicyclic amines) is 1. The van der Waals surface area contributed by atoms with Crippen molar-refractivity contribution in [3.8, 4) is 0 Å². The first kappa shape index (κ1) is 20.6. The molecule has 1 amide bonds. The van der Waals surface area contributed by atoms with E-state index in [1.54, 1.807) is 31.7 Å². The number of nitrogens with zero attached hydrogens (tertiary/aromatic N) is 2.